The van der Waals surface area contributed by atoms with Crippen LogP contribution in [-0.2, 0) is 4.74 Å². The number of methoxy groups -OCH3 is 1. The maximum absolute atomic E-state index is 11.2. The number of rotatable bonds is 1. The third-order valence-corrected chi connectivity index (χ3v) is 2.85. The van der Waals surface area contributed by atoms with Crippen molar-refractivity contribution in [3.8, 4) is 0 Å². The first-order chi connectivity index (χ1) is 7.70. The lowest BCUT2D eigenvalue weighted by Crippen LogP contribution is -1.99. The molecule has 1 aromatic carbocycles. The SMILES string of the molecule is CC.COC(=O)c1ccc2nc(C)sc2c1. The normalized spacial score (nSPS) is 9.50. The molecule has 4 heteroatoms. The van der Waals surface area contributed by atoms with Crippen LogP contribution < -0.4 is 0 Å². The van der Waals surface area contributed by atoms with Gasteiger partial charge in [0.25, 0.3) is 0 Å². The number of esters is 1. The highest BCUT2D eigenvalue weighted by molar-refractivity contribution is 7.18. The van der Waals surface area contributed by atoms with Gasteiger partial charge < -0.3 is 4.74 Å². The minimum Gasteiger partial charge on any atom is -0.465 e. The standard InChI is InChI=1S/C10H9NO2S.C2H6/c1-6-11-8-4-3-7(10(12)13-2)5-9(8)14-6;1-2/h3-5H,1-2H3;1-2H3. The first kappa shape index (κ1) is 12.6. The summed E-state index contributed by atoms with van der Waals surface area (Å²) in [4.78, 5) is 15.5. The zero-order valence-electron chi connectivity index (χ0n) is 9.90. The molecule has 0 unspecified atom stereocenters. The van der Waals surface area contributed by atoms with Crippen LogP contribution in [0.15, 0.2) is 18.2 Å². The number of hydrogen-bond acceptors (Lipinski definition) is 4. The van der Waals surface area contributed by atoms with Gasteiger partial charge in [0.2, 0.25) is 0 Å². The fraction of sp³-hybridized carbons (Fsp3) is 0.333. The number of fused-ring (bicyclic) bond motifs is 1. The van der Waals surface area contributed by atoms with Crippen LogP contribution in [0.2, 0.25) is 0 Å². The van der Waals surface area contributed by atoms with Crippen molar-refractivity contribution in [3.05, 3.63) is 28.8 Å². The first-order valence-corrected chi connectivity index (χ1v) is 5.98. The lowest BCUT2D eigenvalue weighted by Gasteiger charge is -1.97. The van der Waals surface area contributed by atoms with Crippen LogP contribution in [0.1, 0.15) is 29.2 Å². The van der Waals surface area contributed by atoms with E-state index in [9.17, 15) is 4.79 Å². The van der Waals surface area contributed by atoms with E-state index < -0.39 is 0 Å². The number of aryl methyl sites for hydroxylation is 1. The highest BCUT2D eigenvalue weighted by Gasteiger charge is 2.07. The van der Waals surface area contributed by atoms with Crippen molar-refractivity contribution in [2.45, 2.75) is 20.8 Å². The smallest absolute Gasteiger partial charge is 0.337 e. The van der Waals surface area contributed by atoms with Gasteiger partial charge in [0.05, 0.1) is 27.9 Å². The second-order valence-corrected chi connectivity index (χ2v) is 4.14. The van der Waals surface area contributed by atoms with Gasteiger partial charge in [0.15, 0.2) is 0 Å². The Balaban J connectivity index is 0.000000606. The summed E-state index contributed by atoms with van der Waals surface area (Å²) in [5.41, 5.74) is 1.50. The summed E-state index contributed by atoms with van der Waals surface area (Å²) in [7, 11) is 1.38. The van der Waals surface area contributed by atoms with Crippen molar-refractivity contribution < 1.29 is 9.53 Å². The molecule has 0 bridgehead atoms. The molecule has 0 atom stereocenters. The molecule has 86 valence electrons. The van der Waals surface area contributed by atoms with Crippen molar-refractivity contribution in [1.82, 2.24) is 4.98 Å². The zero-order chi connectivity index (χ0) is 12.1. The van der Waals surface area contributed by atoms with Crippen molar-refractivity contribution in [2.75, 3.05) is 7.11 Å². The van der Waals surface area contributed by atoms with E-state index >= 15 is 0 Å². The van der Waals surface area contributed by atoms with Gasteiger partial charge in [0.1, 0.15) is 0 Å². The van der Waals surface area contributed by atoms with Crippen LogP contribution >= 0.6 is 11.3 Å². The van der Waals surface area contributed by atoms with Gasteiger partial charge in [-0.15, -0.1) is 11.3 Å². The number of carbonyl (C=O) groups excluding carboxylic acids is 1. The van der Waals surface area contributed by atoms with Crippen LogP contribution in [0.3, 0.4) is 0 Å². The van der Waals surface area contributed by atoms with E-state index in [0.29, 0.717) is 5.56 Å². The molecule has 0 aliphatic carbocycles. The average molecular weight is 237 g/mol. The number of aromatic nitrogens is 1. The predicted octanol–water partition coefficient (Wildman–Crippen LogP) is 3.42. The van der Waals surface area contributed by atoms with E-state index in [0.717, 1.165) is 15.2 Å². The van der Waals surface area contributed by atoms with Crippen LogP contribution in [0, 0.1) is 6.92 Å². The Morgan fingerprint density at radius 1 is 1.38 bits per heavy atom. The Hall–Kier alpha value is -1.42. The van der Waals surface area contributed by atoms with E-state index in [4.69, 9.17) is 0 Å². The third-order valence-electron chi connectivity index (χ3n) is 1.92. The highest BCUT2D eigenvalue weighted by atomic mass is 32.1. The molecule has 0 aliphatic rings. The summed E-state index contributed by atoms with van der Waals surface area (Å²) in [6.45, 7) is 5.95. The summed E-state index contributed by atoms with van der Waals surface area (Å²) in [5.74, 6) is -0.307. The zero-order valence-corrected chi connectivity index (χ0v) is 10.7. The van der Waals surface area contributed by atoms with Crippen LogP contribution in [0.25, 0.3) is 10.2 Å². The molecule has 0 aliphatic heterocycles. The maximum Gasteiger partial charge on any atom is 0.337 e. The summed E-state index contributed by atoms with van der Waals surface area (Å²) < 4.78 is 5.66. The second-order valence-electron chi connectivity index (χ2n) is 2.91. The first-order valence-electron chi connectivity index (χ1n) is 5.16. The van der Waals surface area contributed by atoms with Gasteiger partial charge >= 0.3 is 5.97 Å². The summed E-state index contributed by atoms with van der Waals surface area (Å²) in [6.07, 6.45) is 0. The van der Waals surface area contributed by atoms with Gasteiger partial charge in [-0.25, -0.2) is 9.78 Å². The summed E-state index contributed by atoms with van der Waals surface area (Å²) in [6, 6.07) is 5.38. The number of thiazole rings is 1. The molecule has 0 radical (unpaired) electrons. The Morgan fingerprint density at radius 2 is 2.06 bits per heavy atom. The van der Waals surface area contributed by atoms with Gasteiger partial charge in [-0.2, -0.15) is 0 Å². The number of carbonyl (C=O) groups is 1. The fourth-order valence-corrected chi connectivity index (χ4v) is 2.15. The van der Waals surface area contributed by atoms with Crippen LogP contribution in [0.4, 0.5) is 0 Å². The van der Waals surface area contributed by atoms with Crippen molar-refractivity contribution in [2.24, 2.45) is 0 Å². The van der Waals surface area contributed by atoms with E-state index in [1.807, 2.05) is 32.9 Å². The minimum atomic E-state index is -0.307. The van der Waals surface area contributed by atoms with Crippen molar-refractivity contribution in [3.63, 3.8) is 0 Å². The molecule has 1 aromatic heterocycles. The number of hydrogen-bond donors (Lipinski definition) is 0. The van der Waals surface area contributed by atoms with E-state index in [-0.39, 0.29) is 5.97 Å². The molecule has 3 nitrogen and oxygen atoms in total. The molecular weight excluding hydrogens is 222 g/mol. The highest BCUT2D eigenvalue weighted by Crippen LogP contribution is 2.22. The monoisotopic (exact) mass is 237 g/mol. The molecule has 0 saturated heterocycles. The number of benzene rings is 1. The Labute approximate surface area is 99.1 Å². The molecular formula is C12H15NO2S. The van der Waals surface area contributed by atoms with Crippen molar-refractivity contribution >= 4 is 27.5 Å². The number of ether oxygens (including phenoxy) is 1. The number of nitrogens with zero attached hydrogens (tertiary/aromatic N) is 1. The van der Waals surface area contributed by atoms with Gasteiger partial charge in [0, 0.05) is 0 Å². The van der Waals surface area contributed by atoms with E-state index in [1.165, 1.54) is 7.11 Å². The molecule has 2 aromatic rings. The molecule has 0 saturated carbocycles. The van der Waals surface area contributed by atoms with Crippen LogP contribution in [0.5, 0.6) is 0 Å². The molecule has 0 N–H and O–H groups in total. The fourth-order valence-electron chi connectivity index (χ4n) is 1.28. The lowest BCUT2D eigenvalue weighted by molar-refractivity contribution is 0.0601. The Bertz CT molecular complexity index is 491. The predicted molar refractivity (Wildman–Crippen MR) is 67.0 cm³/mol. The molecule has 0 fully saturated rings. The average Bonchev–Trinajstić information content (AvgIpc) is 2.69. The quantitative estimate of drug-likeness (QED) is 0.713. The Kier molecular flexibility index (Phi) is 4.43. The molecule has 0 amide bonds. The lowest BCUT2D eigenvalue weighted by atomic mass is 10.2. The van der Waals surface area contributed by atoms with Gasteiger partial charge in [-0.1, -0.05) is 13.8 Å². The Morgan fingerprint density at radius 3 is 2.69 bits per heavy atom. The van der Waals surface area contributed by atoms with E-state index in [2.05, 4.69) is 9.72 Å². The molecule has 2 rings (SSSR count). The summed E-state index contributed by atoms with van der Waals surface area (Å²) in [5, 5.41) is 1.00. The topological polar surface area (TPSA) is 39.2 Å². The summed E-state index contributed by atoms with van der Waals surface area (Å²) >= 11 is 1.58. The maximum atomic E-state index is 11.2. The molecule has 0 spiro atoms. The van der Waals surface area contributed by atoms with Crippen LogP contribution in [-0.4, -0.2) is 18.1 Å². The van der Waals surface area contributed by atoms with E-state index in [1.54, 1.807) is 17.4 Å². The minimum absolute atomic E-state index is 0.307. The van der Waals surface area contributed by atoms with Gasteiger partial charge in [-0.05, 0) is 25.1 Å². The largest absolute Gasteiger partial charge is 0.465 e. The molecule has 1 heterocycles. The van der Waals surface area contributed by atoms with Gasteiger partial charge in [-0.3, -0.25) is 0 Å². The van der Waals surface area contributed by atoms with Crippen molar-refractivity contribution in [1.29, 1.82) is 0 Å². The third kappa shape index (κ3) is 2.58. The molecule has 16 heavy (non-hydrogen) atoms. The second kappa shape index (κ2) is 5.61.